The van der Waals surface area contributed by atoms with E-state index in [1.807, 2.05) is 13.8 Å². The van der Waals surface area contributed by atoms with Gasteiger partial charge in [-0.25, -0.2) is 0 Å². The van der Waals surface area contributed by atoms with Crippen molar-refractivity contribution in [1.82, 2.24) is 10.2 Å². The van der Waals surface area contributed by atoms with Gasteiger partial charge in [0.25, 0.3) is 5.91 Å². The molecule has 1 N–H and O–H groups in total. The lowest BCUT2D eigenvalue weighted by Crippen LogP contribution is -2.48. The Morgan fingerprint density at radius 1 is 1.22 bits per heavy atom. The maximum atomic E-state index is 12.8. The number of rotatable bonds is 5. The molecule has 2 rings (SSSR count). The summed E-state index contributed by atoms with van der Waals surface area (Å²) in [5, 5.41) is 2.87. The van der Waals surface area contributed by atoms with Crippen molar-refractivity contribution in [3.05, 3.63) is 23.8 Å². The normalized spacial score (nSPS) is 17.3. The molecule has 0 radical (unpaired) electrons. The Balaban J connectivity index is 2.23. The van der Waals surface area contributed by atoms with Crippen LogP contribution in [0.2, 0.25) is 0 Å². The van der Waals surface area contributed by atoms with Crippen LogP contribution in [0.4, 0.5) is 0 Å². The summed E-state index contributed by atoms with van der Waals surface area (Å²) in [6, 6.07) is 4.61. The summed E-state index contributed by atoms with van der Waals surface area (Å²) in [5.41, 5.74) is 0.450. The first kappa shape index (κ1) is 17.5. The van der Waals surface area contributed by atoms with Crippen molar-refractivity contribution in [2.24, 2.45) is 0 Å². The van der Waals surface area contributed by atoms with E-state index in [4.69, 9.17) is 9.47 Å². The molecule has 0 aromatic heterocycles. The number of carbonyl (C=O) groups excluding carboxylic acids is 2. The van der Waals surface area contributed by atoms with E-state index in [-0.39, 0.29) is 17.9 Å². The van der Waals surface area contributed by atoms with Crippen molar-refractivity contribution < 1.29 is 19.1 Å². The molecule has 1 unspecified atom stereocenters. The van der Waals surface area contributed by atoms with Crippen LogP contribution in [0.1, 0.15) is 24.2 Å². The number of thioether (sulfide) groups is 1. The zero-order valence-electron chi connectivity index (χ0n) is 13.8. The second kappa shape index (κ2) is 7.59. The van der Waals surface area contributed by atoms with Gasteiger partial charge < -0.3 is 19.7 Å². The molecule has 0 saturated carbocycles. The number of nitrogens with zero attached hydrogens (tertiary/aromatic N) is 1. The lowest BCUT2D eigenvalue weighted by atomic mass is 10.1. The average molecular weight is 338 g/mol. The van der Waals surface area contributed by atoms with E-state index in [2.05, 4.69) is 5.32 Å². The van der Waals surface area contributed by atoms with Crippen molar-refractivity contribution in [3.8, 4) is 11.5 Å². The molecule has 23 heavy (non-hydrogen) atoms. The zero-order valence-corrected chi connectivity index (χ0v) is 14.6. The molecule has 1 aromatic rings. The van der Waals surface area contributed by atoms with Gasteiger partial charge in [-0.2, -0.15) is 0 Å². The van der Waals surface area contributed by atoms with E-state index in [0.29, 0.717) is 28.7 Å². The summed E-state index contributed by atoms with van der Waals surface area (Å²) >= 11 is 1.57. The molecule has 1 aliphatic heterocycles. The molecule has 1 heterocycles. The molecule has 0 spiro atoms. The second-order valence-electron chi connectivity index (χ2n) is 5.56. The molecule has 2 amide bonds. The molecule has 1 fully saturated rings. The number of benzene rings is 1. The number of hydrogen-bond donors (Lipinski definition) is 1. The molecule has 7 heteroatoms. The largest absolute Gasteiger partial charge is 0.497 e. The number of nitrogens with one attached hydrogen (secondary N) is 1. The Hall–Kier alpha value is -1.89. The highest BCUT2D eigenvalue weighted by Crippen LogP contribution is 2.27. The SMILES string of the molecule is COc1cc(OC)cc(C(=O)N2CSCC2C(=O)NC(C)C)c1. The van der Waals surface area contributed by atoms with Crippen LogP contribution in [-0.4, -0.2) is 54.6 Å². The number of hydrogen-bond acceptors (Lipinski definition) is 5. The standard InChI is InChI=1S/C16H22N2O4S/c1-10(2)17-15(19)14-8-23-9-18(14)16(20)11-5-12(21-3)7-13(6-11)22-4/h5-7,10,14H,8-9H2,1-4H3,(H,17,19). The van der Waals surface area contributed by atoms with E-state index in [0.717, 1.165) is 0 Å². The van der Waals surface area contributed by atoms with Crippen molar-refractivity contribution in [1.29, 1.82) is 0 Å². The first-order valence-electron chi connectivity index (χ1n) is 7.38. The van der Waals surface area contributed by atoms with Crippen molar-refractivity contribution in [3.63, 3.8) is 0 Å². The van der Waals surface area contributed by atoms with E-state index >= 15 is 0 Å². The Morgan fingerprint density at radius 3 is 2.35 bits per heavy atom. The summed E-state index contributed by atoms with van der Waals surface area (Å²) in [4.78, 5) is 26.7. The minimum Gasteiger partial charge on any atom is -0.497 e. The van der Waals surface area contributed by atoms with Gasteiger partial charge in [0.05, 0.1) is 20.1 Å². The van der Waals surface area contributed by atoms with Gasteiger partial charge in [0.2, 0.25) is 5.91 Å². The van der Waals surface area contributed by atoms with Crippen LogP contribution >= 0.6 is 11.8 Å². The van der Waals surface area contributed by atoms with Crippen molar-refractivity contribution >= 4 is 23.6 Å². The molecule has 0 bridgehead atoms. The van der Waals surface area contributed by atoms with E-state index in [1.54, 1.807) is 34.9 Å². The summed E-state index contributed by atoms with van der Waals surface area (Å²) < 4.78 is 10.4. The molecule has 1 saturated heterocycles. The molecule has 126 valence electrons. The van der Waals surface area contributed by atoms with Gasteiger partial charge in [0.15, 0.2) is 0 Å². The van der Waals surface area contributed by atoms with E-state index in [9.17, 15) is 9.59 Å². The fraction of sp³-hybridized carbons (Fsp3) is 0.500. The van der Waals surface area contributed by atoms with E-state index < -0.39 is 6.04 Å². The van der Waals surface area contributed by atoms with Crippen molar-refractivity contribution in [2.45, 2.75) is 25.9 Å². The Kier molecular flexibility index (Phi) is 5.76. The van der Waals surface area contributed by atoms with Gasteiger partial charge in [-0.15, -0.1) is 11.8 Å². The maximum absolute atomic E-state index is 12.8. The monoisotopic (exact) mass is 338 g/mol. The zero-order chi connectivity index (χ0) is 17.0. The lowest BCUT2D eigenvalue weighted by Gasteiger charge is -2.24. The molecular weight excluding hydrogens is 316 g/mol. The van der Waals surface area contributed by atoms with Gasteiger partial charge in [0.1, 0.15) is 17.5 Å². The van der Waals surface area contributed by atoms with Crippen molar-refractivity contribution in [2.75, 3.05) is 25.8 Å². The molecule has 1 atom stereocenters. The molecule has 6 nitrogen and oxygen atoms in total. The van der Waals surface area contributed by atoms with Crippen LogP contribution in [0, 0.1) is 0 Å². The van der Waals surface area contributed by atoms with Crippen LogP contribution in [-0.2, 0) is 4.79 Å². The Morgan fingerprint density at radius 2 is 1.83 bits per heavy atom. The fourth-order valence-corrected chi connectivity index (χ4v) is 3.49. The third-order valence-electron chi connectivity index (χ3n) is 3.48. The van der Waals surface area contributed by atoms with Gasteiger partial charge in [-0.05, 0) is 26.0 Å². The van der Waals surface area contributed by atoms with Crippen LogP contribution in [0.3, 0.4) is 0 Å². The molecule has 1 aromatic carbocycles. The Bertz CT molecular complexity index is 569. The first-order valence-corrected chi connectivity index (χ1v) is 8.54. The highest BCUT2D eigenvalue weighted by atomic mass is 32.2. The number of carbonyl (C=O) groups is 2. The molecule has 0 aliphatic carbocycles. The highest BCUT2D eigenvalue weighted by molar-refractivity contribution is 7.99. The summed E-state index contributed by atoms with van der Waals surface area (Å²) in [6.45, 7) is 3.80. The summed E-state index contributed by atoms with van der Waals surface area (Å²) in [5.74, 6) is 1.87. The smallest absolute Gasteiger partial charge is 0.255 e. The van der Waals surface area contributed by atoms with E-state index in [1.165, 1.54) is 14.2 Å². The predicted octanol–water partition coefficient (Wildman–Crippen LogP) is 1.74. The van der Waals surface area contributed by atoms with Gasteiger partial charge in [-0.1, -0.05) is 0 Å². The average Bonchev–Trinajstić information content (AvgIpc) is 3.02. The van der Waals surface area contributed by atoms with Gasteiger partial charge in [-0.3, -0.25) is 9.59 Å². The first-order chi connectivity index (χ1) is 11.0. The number of methoxy groups -OCH3 is 2. The highest BCUT2D eigenvalue weighted by Gasteiger charge is 2.35. The van der Waals surface area contributed by atoms with Crippen LogP contribution in [0.5, 0.6) is 11.5 Å². The fourth-order valence-electron chi connectivity index (χ4n) is 2.34. The molecule has 1 aliphatic rings. The predicted molar refractivity (Wildman–Crippen MR) is 90.1 cm³/mol. The van der Waals surface area contributed by atoms with Crippen LogP contribution < -0.4 is 14.8 Å². The van der Waals surface area contributed by atoms with Gasteiger partial charge >= 0.3 is 0 Å². The topological polar surface area (TPSA) is 67.9 Å². The minimum absolute atomic E-state index is 0.0435. The number of amides is 2. The molecular formula is C16H22N2O4S. The third kappa shape index (κ3) is 4.10. The maximum Gasteiger partial charge on any atom is 0.255 e. The van der Waals surface area contributed by atoms with Crippen LogP contribution in [0.15, 0.2) is 18.2 Å². The minimum atomic E-state index is -0.452. The second-order valence-corrected chi connectivity index (χ2v) is 6.56. The summed E-state index contributed by atoms with van der Waals surface area (Å²) in [6.07, 6.45) is 0. The Labute approximate surface area is 140 Å². The quantitative estimate of drug-likeness (QED) is 0.886. The summed E-state index contributed by atoms with van der Waals surface area (Å²) in [7, 11) is 3.07. The lowest BCUT2D eigenvalue weighted by molar-refractivity contribution is -0.124. The number of ether oxygens (including phenoxy) is 2. The van der Waals surface area contributed by atoms with Gasteiger partial charge in [0, 0.05) is 23.4 Å². The van der Waals surface area contributed by atoms with Crippen LogP contribution in [0.25, 0.3) is 0 Å². The third-order valence-corrected chi connectivity index (χ3v) is 4.49.